The Kier molecular flexibility index (Phi) is 4.49. The largest absolute Gasteiger partial charge is 0.458 e. The van der Waals surface area contributed by atoms with Crippen LogP contribution in [0.1, 0.15) is 5.56 Å². The molecule has 0 heterocycles. The van der Waals surface area contributed by atoms with E-state index in [1.54, 1.807) is 30.3 Å². The van der Waals surface area contributed by atoms with Gasteiger partial charge in [-0.05, 0) is 22.4 Å². The molecule has 0 aliphatic carbocycles. The Morgan fingerprint density at radius 3 is 2.00 bits per heavy atom. The van der Waals surface area contributed by atoms with E-state index in [1.165, 1.54) is 12.1 Å². The highest BCUT2D eigenvalue weighted by Crippen LogP contribution is 2.43. The van der Waals surface area contributed by atoms with Gasteiger partial charge in [-0.3, -0.25) is 0 Å². The predicted molar refractivity (Wildman–Crippen MR) is 70.8 cm³/mol. The molecule has 0 saturated carbocycles. The van der Waals surface area contributed by atoms with Gasteiger partial charge in [0.1, 0.15) is 6.61 Å². The number of rotatable bonds is 3. The second-order valence-electron chi connectivity index (χ2n) is 4.96. The molecule has 0 aromatic heterocycles. The number of halogens is 6. The summed E-state index contributed by atoms with van der Waals surface area (Å²) in [6.07, 6.45) is -12.5. The molecule has 1 N–H and O–H groups in total. The van der Waals surface area contributed by atoms with Crippen molar-refractivity contribution in [2.45, 2.75) is 24.6 Å². The van der Waals surface area contributed by atoms with Crippen LogP contribution in [0.25, 0.3) is 10.8 Å². The molecule has 0 atom stereocenters. The van der Waals surface area contributed by atoms with Crippen LogP contribution >= 0.6 is 0 Å². The smallest absolute Gasteiger partial charge is 0.437 e. The molecule has 0 unspecified atom stereocenters. The fraction of sp³-hybridized carbons (Fsp3) is 0.267. The summed E-state index contributed by atoms with van der Waals surface area (Å²) in [6.45, 7) is -0.849. The first kappa shape index (κ1) is 18.1. The van der Waals surface area contributed by atoms with Crippen molar-refractivity contribution < 1.29 is 41.0 Å². The van der Waals surface area contributed by atoms with Crippen molar-refractivity contribution >= 4 is 16.7 Å². The van der Waals surface area contributed by atoms with Crippen molar-refractivity contribution in [3.8, 4) is 0 Å². The van der Waals surface area contributed by atoms with E-state index in [0.29, 0.717) is 5.39 Å². The lowest BCUT2D eigenvalue weighted by atomic mass is 10.0. The highest BCUT2D eigenvalue weighted by atomic mass is 19.4. The molecule has 130 valence electrons. The average molecular weight is 352 g/mol. The minimum atomic E-state index is -6.26. The molecule has 0 spiro atoms. The SMILES string of the molecule is O=C(OCc1ccc2ccccc2c1)C(O)(C(F)(F)F)C(F)(F)F. The molecule has 2 aromatic carbocycles. The molecule has 0 radical (unpaired) electrons. The summed E-state index contributed by atoms with van der Waals surface area (Å²) >= 11 is 0. The number of ether oxygens (including phenoxy) is 1. The maximum atomic E-state index is 12.5. The van der Waals surface area contributed by atoms with Gasteiger partial charge < -0.3 is 9.84 Å². The third-order valence-corrected chi connectivity index (χ3v) is 3.30. The molecule has 0 amide bonds. The summed E-state index contributed by atoms with van der Waals surface area (Å²) in [5.74, 6) is -2.82. The van der Waals surface area contributed by atoms with Crippen molar-refractivity contribution in [3.05, 3.63) is 48.0 Å². The van der Waals surface area contributed by atoms with Gasteiger partial charge in [-0.15, -0.1) is 0 Å². The summed E-state index contributed by atoms with van der Waals surface area (Å²) in [7, 11) is 0. The molecular formula is C15H10F6O3. The summed E-state index contributed by atoms with van der Waals surface area (Å²) < 4.78 is 79.1. The molecule has 0 aliphatic heterocycles. The zero-order chi connectivity index (χ0) is 18.2. The van der Waals surface area contributed by atoms with E-state index in [-0.39, 0.29) is 5.56 Å². The first-order valence-electron chi connectivity index (χ1n) is 6.47. The van der Waals surface area contributed by atoms with Crippen LogP contribution in [0.15, 0.2) is 42.5 Å². The van der Waals surface area contributed by atoms with Gasteiger partial charge in [0.25, 0.3) is 0 Å². The Bertz CT molecular complexity index is 737. The maximum absolute atomic E-state index is 12.5. The molecule has 2 aromatic rings. The number of fused-ring (bicyclic) bond motifs is 1. The lowest BCUT2D eigenvalue weighted by Crippen LogP contribution is -2.62. The second-order valence-corrected chi connectivity index (χ2v) is 4.96. The predicted octanol–water partition coefficient (Wildman–Crippen LogP) is 3.74. The Morgan fingerprint density at radius 1 is 0.917 bits per heavy atom. The molecule has 0 aliphatic rings. The fourth-order valence-electron chi connectivity index (χ4n) is 1.97. The first-order valence-corrected chi connectivity index (χ1v) is 6.47. The molecule has 0 fully saturated rings. The van der Waals surface area contributed by atoms with E-state index >= 15 is 0 Å². The number of esters is 1. The lowest BCUT2D eigenvalue weighted by molar-refractivity contribution is -0.357. The zero-order valence-electron chi connectivity index (χ0n) is 11.8. The van der Waals surface area contributed by atoms with Crippen LogP contribution in [0.2, 0.25) is 0 Å². The van der Waals surface area contributed by atoms with Crippen LogP contribution in [0.4, 0.5) is 26.3 Å². The van der Waals surface area contributed by atoms with Gasteiger partial charge in [0, 0.05) is 0 Å². The lowest BCUT2D eigenvalue weighted by Gasteiger charge is -2.29. The average Bonchev–Trinajstić information content (AvgIpc) is 2.49. The first-order chi connectivity index (χ1) is 11.0. The van der Waals surface area contributed by atoms with Gasteiger partial charge in [0.2, 0.25) is 0 Å². The molecule has 2 rings (SSSR count). The maximum Gasteiger partial charge on any atom is 0.437 e. The van der Waals surface area contributed by atoms with E-state index in [2.05, 4.69) is 4.74 Å². The third-order valence-electron chi connectivity index (χ3n) is 3.30. The second kappa shape index (κ2) is 5.97. The Balaban J connectivity index is 2.21. The number of hydrogen-bond acceptors (Lipinski definition) is 3. The molecule has 0 bridgehead atoms. The van der Waals surface area contributed by atoms with Crippen LogP contribution in [0.5, 0.6) is 0 Å². The quantitative estimate of drug-likeness (QED) is 0.676. The zero-order valence-corrected chi connectivity index (χ0v) is 11.8. The van der Waals surface area contributed by atoms with Gasteiger partial charge in [-0.2, -0.15) is 26.3 Å². The minimum absolute atomic E-state index is 0.175. The Hall–Kier alpha value is -2.29. The number of aliphatic hydroxyl groups is 1. The summed E-state index contributed by atoms with van der Waals surface area (Å²) in [4.78, 5) is 11.3. The van der Waals surface area contributed by atoms with Crippen LogP contribution < -0.4 is 0 Å². The van der Waals surface area contributed by atoms with Gasteiger partial charge in [0.15, 0.2) is 0 Å². The number of carbonyl (C=O) groups excluding carboxylic acids is 1. The van der Waals surface area contributed by atoms with E-state index < -0.39 is 30.5 Å². The van der Waals surface area contributed by atoms with Crippen molar-refractivity contribution in [1.82, 2.24) is 0 Å². The normalized spacial score (nSPS) is 13.1. The topological polar surface area (TPSA) is 46.5 Å². The molecular weight excluding hydrogens is 342 g/mol. The standard InChI is InChI=1S/C15H10F6O3/c16-14(17,18)13(23,15(19,20)21)12(22)24-8-9-5-6-10-3-1-2-4-11(10)7-9/h1-7,23H,8H2. The molecule has 3 nitrogen and oxygen atoms in total. The minimum Gasteiger partial charge on any atom is -0.458 e. The van der Waals surface area contributed by atoms with Gasteiger partial charge in [-0.25, -0.2) is 4.79 Å². The van der Waals surface area contributed by atoms with Crippen LogP contribution in [-0.4, -0.2) is 29.0 Å². The molecule has 9 heteroatoms. The van der Waals surface area contributed by atoms with E-state index in [9.17, 15) is 31.1 Å². The third kappa shape index (κ3) is 3.16. The van der Waals surface area contributed by atoms with E-state index in [1.807, 2.05) is 0 Å². The van der Waals surface area contributed by atoms with E-state index in [4.69, 9.17) is 5.11 Å². The number of alkyl halides is 6. The van der Waals surface area contributed by atoms with Crippen molar-refractivity contribution in [2.24, 2.45) is 0 Å². The highest BCUT2D eigenvalue weighted by molar-refractivity contribution is 5.83. The van der Waals surface area contributed by atoms with Crippen molar-refractivity contribution in [1.29, 1.82) is 0 Å². The highest BCUT2D eigenvalue weighted by Gasteiger charge is 2.76. The molecule has 24 heavy (non-hydrogen) atoms. The van der Waals surface area contributed by atoms with Crippen molar-refractivity contribution in [3.63, 3.8) is 0 Å². The number of hydrogen-bond donors (Lipinski definition) is 1. The summed E-state index contributed by atoms with van der Waals surface area (Å²) in [6, 6.07) is 11.2. The van der Waals surface area contributed by atoms with Crippen LogP contribution in [-0.2, 0) is 16.1 Å². The summed E-state index contributed by atoms with van der Waals surface area (Å²) in [5.41, 5.74) is -5.40. The fourth-order valence-corrected chi connectivity index (χ4v) is 1.97. The Labute approximate surface area is 131 Å². The van der Waals surface area contributed by atoms with Crippen molar-refractivity contribution in [2.75, 3.05) is 0 Å². The van der Waals surface area contributed by atoms with Gasteiger partial charge >= 0.3 is 23.9 Å². The number of carbonyl (C=O) groups is 1. The van der Waals surface area contributed by atoms with Crippen LogP contribution in [0.3, 0.4) is 0 Å². The number of benzene rings is 2. The van der Waals surface area contributed by atoms with Gasteiger partial charge in [-0.1, -0.05) is 36.4 Å². The summed E-state index contributed by atoms with van der Waals surface area (Å²) in [5, 5.41) is 10.3. The molecule has 0 saturated heterocycles. The van der Waals surface area contributed by atoms with E-state index in [0.717, 1.165) is 5.39 Å². The Morgan fingerprint density at radius 2 is 1.46 bits per heavy atom. The van der Waals surface area contributed by atoms with Gasteiger partial charge in [0.05, 0.1) is 0 Å². The monoisotopic (exact) mass is 352 g/mol. The van der Waals surface area contributed by atoms with Crippen LogP contribution in [0, 0.1) is 0 Å².